The molecular formula is C15H18N2O3. The molecule has 5 heteroatoms. The molecule has 0 spiro atoms. The smallest absolute Gasteiger partial charge is 0.234 e. The summed E-state index contributed by atoms with van der Waals surface area (Å²) in [7, 11) is 0. The molecule has 20 heavy (non-hydrogen) atoms. The van der Waals surface area contributed by atoms with Crippen LogP contribution in [-0.2, 0) is 14.3 Å². The van der Waals surface area contributed by atoms with Crippen LogP contribution in [0.5, 0.6) is 0 Å². The maximum absolute atomic E-state index is 11.8. The number of hydrogen-bond donors (Lipinski definition) is 0. The number of ether oxygens (including phenoxy) is 1. The van der Waals surface area contributed by atoms with E-state index in [9.17, 15) is 9.59 Å². The van der Waals surface area contributed by atoms with E-state index < -0.39 is 0 Å². The molecule has 0 aliphatic carbocycles. The Bertz CT molecular complexity index is 550. The lowest BCUT2D eigenvalue weighted by Gasteiger charge is -2.30. The third-order valence-electron chi connectivity index (χ3n) is 3.83. The summed E-state index contributed by atoms with van der Waals surface area (Å²) in [6, 6.07) is 5.95. The second-order valence-corrected chi connectivity index (χ2v) is 5.27. The van der Waals surface area contributed by atoms with Gasteiger partial charge in [-0.05, 0) is 30.7 Å². The Morgan fingerprint density at radius 3 is 2.50 bits per heavy atom. The van der Waals surface area contributed by atoms with Crippen LogP contribution in [0.2, 0.25) is 0 Å². The third kappa shape index (κ3) is 2.41. The van der Waals surface area contributed by atoms with Gasteiger partial charge in [-0.2, -0.15) is 0 Å². The van der Waals surface area contributed by atoms with E-state index in [1.807, 2.05) is 25.1 Å². The number of nitrogens with zero attached hydrogens (tertiary/aromatic N) is 2. The molecule has 2 saturated heterocycles. The number of carbonyl (C=O) groups is 2. The quantitative estimate of drug-likeness (QED) is 0.759. The summed E-state index contributed by atoms with van der Waals surface area (Å²) in [6.45, 7) is 5.52. The van der Waals surface area contributed by atoms with Crippen molar-refractivity contribution < 1.29 is 14.3 Å². The normalized spacial score (nSPS) is 19.9. The van der Waals surface area contributed by atoms with Gasteiger partial charge in [0.2, 0.25) is 5.91 Å². The minimum absolute atomic E-state index is 0.00934. The number of amides is 1. The summed E-state index contributed by atoms with van der Waals surface area (Å²) in [6.07, 6.45) is 0.0320. The first-order chi connectivity index (χ1) is 9.65. The number of ketones is 1. The predicted molar refractivity (Wildman–Crippen MR) is 76.2 cm³/mol. The van der Waals surface area contributed by atoms with Crippen LogP contribution in [0.15, 0.2) is 18.2 Å². The lowest BCUT2D eigenvalue weighted by molar-refractivity contribution is -0.121. The highest BCUT2D eigenvalue weighted by Gasteiger charge is 2.28. The Morgan fingerprint density at radius 2 is 1.90 bits per heavy atom. The summed E-state index contributed by atoms with van der Waals surface area (Å²) in [5.41, 5.74) is 3.11. The van der Waals surface area contributed by atoms with Crippen molar-refractivity contribution >= 4 is 23.1 Å². The lowest BCUT2D eigenvalue weighted by Crippen LogP contribution is -2.36. The number of benzene rings is 1. The van der Waals surface area contributed by atoms with Crippen molar-refractivity contribution in [3.05, 3.63) is 23.8 Å². The van der Waals surface area contributed by atoms with Gasteiger partial charge in [0.25, 0.3) is 0 Å². The maximum atomic E-state index is 11.8. The van der Waals surface area contributed by atoms with Gasteiger partial charge in [0.05, 0.1) is 26.2 Å². The van der Waals surface area contributed by atoms with E-state index >= 15 is 0 Å². The molecule has 1 amide bonds. The highest BCUT2D eigenvalue weighted by atomic mass is 16.5. The van der Waals surface area contributed by atoms with Gasteiger partial charge in [-0.1, -0.05) is 0 Å². The molecule has 0 aromatic heterocycles. The molecule has 0 atom stereocenters. The van der Waals surface area contributed by atoms with Gasteiger partial charge in [0, 0.05) is 24.5 Å². The minimum atomic E-state index is -0.103. The van der Waals surface area contributed by atoms with E-state index in [0.717, 1.165) is 37.6 Å². The van der Waals surface area contributed by atoms with E-state index in [-0.39, 0.29) is 24.7 Å². The number of Topliss-reactive ketones (excluding diaryl/α,β-unsaturated/α-hetero) is 1. The molecule has 0 bridgehead atoms. The molecule has 2 heterocycles. The third-order valence-corrected chi connectivity index (χ3v) is 3.83. The molecule has 0 N–H and O–H groups in total. The number of rotatable bonds is 2. The zero-order chi connectivity index (χ0) is 14.1. The first-order valence-corrected chi connectivity index (χ1v) is 6.90. The predicted octanol–water partition coefficient (Wildman–Crippen LogP) is 1.14. The Hall–Kier alpha value is -1.88. The second kappa shape index (κ2) is 5.25. The first-order valence-electron chi connectivity index (χ1n) is 6.90. The van der Waals surface area contributed by atoms with Crippen LogP contribution >= 0.6 is 0 Å². The molecule has 2 aliphatic heterocycles. The monoisotopic (exact) mass is 274 g/mol. The van der Waals surface area contributed by atoms with Crippen molar-refractivity contribution in [3.8, 4) is 0 Å². The van der Waals surface area contributed by atoms with Crippen molar-refractivity contribution in [2.24, 2.45) is 0 Å². The van der Waals surface area contributed by atoms with Gasteiger partial charge in [0.1, 0.15) is 0 Å². The molecule has 0 unspecified atom stereocenters. The number of hydrogen-bond acceptors (Lipinski definition) is 4. The Labute approximate surface area is 118 Å². The topological polar surface area (TPSA) is 49.9 Å². The number of aryl methyl sites for hydroxylation is 1. The Morgan fingerprint density at radius 1 is 1.15 bits per heavy atom. The largest absolute Gasteiger partial charge is 0.378 e. The molecule has 1 aromatic carbocycles. The average molecular weight is 274 g/mol. The fourth-order valence-electron chi connectivity index (χ4n) is 2.79. The van der Waals surface area contributed by atoms with Gasteiger partial charge in [-0.25, -0.2) is 0 Å². The summed E-state index contributed by atoms with van der Waals surface area (Å²) in [5.74, 6) is -0.113. The second-order valence-electron chi connectivity index (χ2n) is 5.27. The summed E-state index contributed by atoms with van der Waals surface area (Å²) < 4.78 is 5.36. The number of anilines is 2. The SMILES string of the molecule is Cc1cc(N2CC(=O)CC2=O)ccc1N1CCOCC1. The zero-order valence-corrected chi connectivity index (χ0v) is 11.6. The van der Waals surface area contributed by atoms with E-state index in [0.29, 0.717) is 0 Å². The van der Waals surface area contributed by atoms with Crippen LogP contribution in [0.1, 0.15) is 12.0 Å². The zero-order valence-electron chi connectivity index (χ0n) is 11.6. The molecule has 5 nitrogen and oxygen atoms in total. The van der Waals surface area contributed by atoms with Gasteiger partial charge in [-0.3, -0.25) is 9.59 Å². The van der Waals surface area contributed by atoms with Gasteiger partial charge < -0.3 is 14.5 Å². The fraction of sp³-hybridized carbons (Fsp3) is 0.467. The van der Waals surface area contributed by atoms with E-state index in [1.54, 1.807) is 4.90 Å². The van der Waals surface area contributed by atoms with Crippen LogP contribution in [0.25, 0.3) is 0 Å². The van der Waals surface area contributed by atoms with Crippen LogP contribution in [0.3, 0.4) is 0 Å². The van der Waals surface area contributed by atoms with Crippen LogP contribution < -0.4 is 9.80 Å². The molecule has 106 valence electrons. The van der Waals surface area contributed by atoms with Crippen LogP contribution in [-0.4, -0.2) is 44.5 Å². The van der Waals surface area contributed by atoms with Crippen LogP contribution in [0, 0.1) is 6.92 Å². The van der Waals surface area contributed by atoms with Gasteiger partial charge >= 0.3 is 0 Å². The molecule has 2 fully saturated rings. The molecule has 1 aromatic rings. The molecular weight excluding hydrogens is 256 g/mol. The van der Waals surface area contributed by atoms with Gasteiger partial charge in [-0.15, -0.1) is 0 Å². The molecule has 0 saturated carbocycles. The number of carbonyl (C=O) groups excluding carboxylic acids is 2. The van der Waals surface area contributed by atoms with E-state index in [1.165, 1.54) is 5.69 Å². The first kappa shape index (κ1) is 13.1. The molecule has 2 aliphatic rings. The van der Waals surface area contributed by atoms with Crippen molar-refractivity contribution in [2.45, 2.75) is 13.3 Å². The summed E-state index contributed by atoms with van der Waals surface area (Å²) in [5, 5.41) is 0. The molecule has 0 radical (unpaired) electrons. The highest BCUT2D eigenvalue weighted by molar-refractivity contribution is 6.15. The Balaban J connectivity index is 1.83. The standard InChI is InChI=1S/C15H18N2O3/c1-11-8-12(17-10-13(18)9-15(17)19)2-3-14(11)16-4-6-20-7-5-16/h2-3,8H,4-7,9-10H2,1H3. The minimum Gasteiger partial charge on any atom is -0.378 e. The van der Waals surface area contributed by atoms with Gasteiger partial charge in [0.15, 0.2) is 5.78 Å². The van der Waals surface area contributed by atoms with E-state index in [4.69, 9.17) is 4.74 Å². The van der Waals surface area contributed by atoms with Crippen molar-refractivity contribution in [1.29, 1.82) is 0 Å². The van der Waals surface area contributed by atoms with Crippen molar-refractivity contribution in [2.75, 3.05) is 42.6 Å². The number of morpholine rings is 1. The van der Waals surface area contributed by atoms with Crippen molar-refractivity contribution in [1.82, 2.24) is 0 Å². The van der Waals surface area contributed by atoms with Crippen LogP contribution in [0.4, 0.5) is 11.4 Å². The van der Waals surface area contributed by atoms with Crippen molar-refractivity contribution in [3.63, 3.8) is 0 Å². The Kier molecular flexibility index (Phi) is 3.44. The summed E-state index contributed by atoms with van der Waals surface area (Å²) >= 11 is 0. The highest BCUT2D eigenvalue weighted by Crippen LogP contribution is 2.28. The van der Waals surface area contributed by atoms with E-state index in [2.05, 4.69) is 4.90 Å². The summed E-state index contributed by atoms with van der Waals surface area (Å²) in [4.78, 5) is 27.0. The lowest BCUT2D eigenvalue weighted by atomic mass is 10.1. The molecule has 3 rings (SSSR count). The average Bonchev–Trinajstić information content (AvgIpc) is 2.78. The fourth-order valence-corrected chi connectivity index (χ4v) is 2.79. The maximum Gasteiger partial charge on any atom is 0.234 e.